The Labute approximate surface area is 105 Å². The molecule has 1 aromatic rings. The van der Waals surface area contributed by atoms with Crippen molar-refractivity contribution in [2.45, 2.75) is 27.7 Å². The molecule has 1 N–H and O–H groups in total. The third kappa shape index (κ3) is 3.45. The normalized spacial score (nSPS) is 12.7. The first-order valence-electron chi connectivity index (χ1n) is 5.52. The average Bonchev–Trinajstić information content (AvgIpc) is 2.12. The Balaban J connectivity index is 3.28. The minimum Gasteiger partial charge on any atom is -0.508 e. The van der Waals surface area contributed by atoms with E-state index in [1.165, 1.54) is 19.1 Å². The summed E-state index contributed by atoms with van der Waals surface area (Å²) in [6, 6.07) is 1.39. The molecule has 4 nitrogen and oxygen atoms in total. The molecule has 1 heterocycles. The number of carbonyl (C=O) groups excluding carboxylic acids is 1. The second-order valence-electron chi connectivity index (χ2n) is 4.16. The van der Waals surface area contributed by atoms with Crippen LogP contribution in [0.25, 0.3) is 5.57 Å². The third-order valence-electron chi connectivity index (χ3n) is 2.36. The molecular weight excluding hydrogens is 232 g/mol. The zero-order valence-electron chi connectivity index (χ0n) is 10.9. The Kier molecular flexibility index (Phi) is 4.26. The molecule has 0 atom stereocenters. The highest BCUT2D eigenvalue weighted by Crippen LogP contribution is 2.16. The number of hydrogen-bond donors (Lipinski definition) is 1. The molecular formula is C14H16O4. The topological polar surface area (TPSA) is 67.5 Å². The highest BCUT2D eigenvalue weighted by molar-refractivity contribution is 5.88. The van der Waals surface area contributed by atoms with E-state index in [0.717, 1.165) is 6.08 Å². The lowest BCUT2D eigenvalue weighted by Crippen LogP contribution is -2.09. The van der Waals surface area contributed by atoms with Crippen molar-refractivity contribution in [2.75, 3.05) is 0 Å². The highest BCUT2D eigenvalue weighted by atomic mass is 16.3. The van der Waals surface area contributed by atoms with Crippen molar-refractivity contribution in [3.05, 3.63) is 51.3 Å². The van der Waals surface area contributed by atoms with Crippen molar-refractivity contribution < 1.29 is 14.3 Å². The highest BCUT2D eigenvalue weighted by Gasteiger charge is 2.09. The smallest absolute Gasteiger partial charge is 0.192 e. The molecule has 0 spiro atoms. The monoisotopic (exact) mass is 248 g/mol. The molecule has 0 saturated heterocycles. The second-order valence-corrected chi connectivity index (χ2v) is 4.16. The van der Waals surface area contributed by atoms with Crippen molar-refractivity contribution in [2.24, 2.45) is 0 Å². The first kappa shape index (κ1) is 14.0. The number of aryl methyl sites for hydroxylation is 2. The van der Waals surface area contributed by atoms with Gasteiger partial charge in [0.25, 0.3) is 0 Å². The molecule has 0 aliphatic rings. The van der Waals surface area contributed by atoms with E-state index < -0.39 is 0 Å². The number of ketones is 1. The van der Waals surface area contributed by atoms with Gasteiger partial charge in [0.05, 0.1) is 5.56 Å². The van der Waals surface area contributed by atoms with Gasteiger partial charge in [-0.25, -0.2) is 0 Å². The van der Waals surface area contributed by atoms with Gasteiger partial charge in [-0.1, -0.05) is 0 Å². The zero-order chi connectivity index (χ0) is 13.9. The molecule has 0 aliphatic carbocycles. The lowest BCUT2D eigenvalue weighted by molar-refractivity contribution is -0.112. The summed E-state index contributed by atoms with van der Waals surface area (Å²) < 4.78 is 5.36. The minimum atomic E-state index is -0.260. The van der Waals surface area contributed by atoms with Crippen LogP contribution in [0.5, 0.6) is 0 Å². The molecule has 0 fully saturated rings. The molecule has 1 rings (SSSR count). The lowest BCUT2D eigenvalue weighted by Gasteiger charge is -2.05. The molecule has 0 amide bonds. The number of rotatable bonds is 3. The molecule has 0 unspecified atom stereocenters. The van der Waals surface area contributed by atoms with E-state index in [4.69, 9.17) is 4.42 Å². The fourth-order valence-electron chi connectivity index (χ4n) is 1.77. The van der Waals surface area contributed by atoms with Gasteiger partial charge in [0, 0.05) is 12.1 Å². The van der Waals surface area contributed by atoms with Gasteiger partial charge in [-0.15, -0.1) is 0 Å². The number of hydrogen-bond acceptors (Lipinski definition) is 4. The van der Waals surface area contributed by atoms with Crippen LogP contribution < -0.4 is 5.43 Å². The van der Waals surface area contributed by atoms with E-state index in [1.807, 2.05) is 0 Å². The maximum atomic E-state index is 11.8. The summed E-state index contributed by atoms with van der Waals surface area (Å²) in [4.78, 5) is 22.6. The maximum absolute atomic E-state index is 11.8. The summed E-state index contributed by atoms with van der Waals surface area (Å²) in [5, 5.41) is 9.52. The summed E-state index contributed by atoms with van der Waals surface area (Å²) in [5.74, 6) is 0.588. The van der Waals surface area contributed by atoms with Crippen molar-refractivity contribution in [1.29, 1.82) is 0 Å². The summed E-state index contributed by atoms with van der Waals surface area (Å²) >= 11 is 0. The van der Waals surface area contributed by atoms with Gasteiger partial charge >= 0.3 is 0 Å². The average molecular weight is 248 g/mol. The summed E-state index contributed by atoms with van der Waals surface area (Å²) in [5.41, 5.74) is 0.793. The van der Waals surface area contributed by atoms with E-state index in [0.29, 0.717) is 22.7 Å². The molecule has 0 aliphatic heterocycles. The SMILES string of the molecule is CC(=O)/C=C(O)/C=C(\C)c1c(C)oc(C)cc1=O. The molecule has 0 aromatic carbocycles. The summed E-state index contributed by atoms with van der Waals surface area (Å²) in [6.45, 7) is 6.40. The van der Waals surface area contributed by atoms with Crippen LogP contribution >= 0.6 is 0 Å². The van der Waals surface area contributed by atoms with Crippen LogP contribution in [-0.2, 0) is 4.79 Å². The molecule has 18 heavy (non-hydrogen) atoms. The van der Waals surface area contributed by atoms with Crippen LogP contribution in [0.1, 0.15) is 30.9 Å². The van der Waals surface area contributed by atoms with Crippen LogP contribution in [0, 0.1) is 13.8 Å². The quantitative estimate of drug-likeness (QED) is 0.507. The predicted octanol–water partition coefficient (Wildman–Crippen LogP) is 2.69. The largest absolute Gasteiger partial charge is 0.508 e. The molecule has 4 heteroatoms. The van der Waals surface area contributed by atoms with Crippen LogP contribution in [0.3, 0.4) is 0 Å². The molecule has 1 aromatic heterocycles. The fourth-order valence-corrected chi connectivity index (χ4v) is 1.77. The van der Waals surface area contributed by atoms with Crippen molar-refractivity contribution in [3.63, 3.8) is 0 Å². The Morgan fingerprint density at radius 1 is 1.28 bits per heavy atom. The first-order valence-corrected chi connectivity index (χ1v) is 5.52. The molecule has 0 radical (unpaired) electrons. The van der Waals surface area contributed by atoms with Gasteiger partial charge in [-0.3, -0.25) is 9.59 Å². The Morgan fingerprint density at radius 3 is 2.39 bits per heavy atom. The van der Waals surface area contributed by atoms with Gasteiger partial charge in [0.2, 0.25) is 0 Å². The summed E-state index contributed by atoms with van der Waals surface area (Å²) in [6.07, 6.45) is 2.46. The minimum absolute atomic E-state index is 0.166. The Bertz CT molecular complexity index is 588. The van der Waals surface area contributed by atoms with Gasteiger partial charge in [0.1, 0.15) is 17.3 Å². The van der Waals surface area contributed by atoms with E-state index in [-0.39, 0.29) is 17.0 Å². The van der Waals surface area contributed by atoms with Crippen molar-refractivity contribution in [1.82, 2.24) is 0 Å². The van der Waals surface area contributed by atoms with Crippen molar-refractivity contribution in [3.8, 4) is 0 Å². The summed E-state index contributed by atoms with van der Waals surface area (Å²) in [7, 11) is 0. The van der Waals surface area contributed by atoms with Crippen LogP contribution in [0.4, 0.5) is 0 Å². The lowest BCUT2D eigenvalue weighted by atomic mass is 10.1. The second kappa shape index (κ2) is 5.49. The van der Waals surface area contributed by atoms with E-state index in [2.05, 4.69) is 0 Å². The number of carbonyl (C=O) groups is 1. The molecule has 0 bridgehead atoms. The third-order valence-corrected chi connectivity index (χ3v) is 2.36. The van der Waals surface area contributed by atoms with Gasteiger partial charge in [-0.05, 0) is 39.3 Å². The van der Waals surface area contributed by atoms with Crippen LogP contribution in [0.2, 0.25) is 0 Å². The van der Waals surface area contributed by atoms with Gasteiger partial charge < -0.3 is 9.52 Å². The number of allylic oxidation sites excluding steroid dienone is 3. The van der Waals surface area contributed by atoms with Crippen LogP contribution in [-0.4, -0.2) is 10.9 Å². The standard InChI is InChI=1S/C14H16O4/c1-8(5-12(16)6-9(2)15)14-11(4)18-10(3)7-13(14)17/h5-7,16H,1-4H3/b8-5+,12-6-. The van der Waals surface area contributed by atoms with E-state index in [9.17, 15) is 14.7 Å². The zero-order valence-corrected chi connectivity index (χ0v) is 10.9. The van der Waals surface area contributed by atoms with Crippen LogP contribution in [0.15, 0.2) is 33.2 Å². The molecule has 0 saturated carbocycles. The predicted molar refractivity (Wildman–Crippen MR) is 69.5 cm³/mol. The Hall–Kier alpha value is -2.10. The fraction of sp³-hybridized carbons (Fsp3) is 0.286. The molecule has 96 valence electrons. The first-order chi connectivity index (χ1) is 8.31. The van der Waals surface area contributed by atoms with Crippen molar-refractivity contribution >= 4 is 11.4 Å². The van der Waals surface area contributed by atoms with Gasteiger partial charge in [0.15, 0.2) is 11.2 Å². The van der Waals surface area contributed by atoms with E-state index in [1.54, 1.807) is 20.8 Å². The van der Waals surface area contributed by atoms with Gasteiger partial charge in [-0.2, -0.15) is 0 Å². The Morgan fingerprint density at radius 2 is 1.89 bits per heavy atom. The number of aliphatic hydroxyl groups excluding tert-OH is 1. The van der Waals surface area contributed by atoms with E-state index >= 15 is 0 Å². The maximum Gasteiger partial charge on any atom is 0.192 e. The number of aliphatic hydroxyl groups is 1.